The third-order valence-corrected chi connectivity index (χ3v) is 2.10. The molecule has 0 N–H and O–H groups in total. The molecule has 0 heterocycles. The van der Waals surface area contributed by atoms with Crippen LogP contribution >= 0.6 is 0 Å². The molecule has 3 nitrogen and oxygen atoms in total. The number of rotatable bonds is 7. The molecule has 82 valence electrons. The zero-order valence-electron chi connectivity index (χ0n) is 9.34. The van der Waals surface area contributed by atoms with Crippen LogP contribution < -0.4 is 0 Å². The summed E-state index contributed by atoms with van der Waals surface area (Å²) in [7, 11) is 0. The zero-order chi connectivity index (χ0) is 11.0. The van der Waals surface area contributed by atoms with Gasteiger partial charge in [0, 0.05) is 6.42 Å². The quantitative estimate of drug-likeness (QED) is 0.592. The van der Waals surface area contributed by atoms with Gasteiger partial charge in [-0.15, -0.1) is 0 Å². The fourth-order valence-electron chi connectivity index (χ4n) is 1.37. The fraction of sp³-hybridized carbons (Fsp3) is 0.818. The number of Topliss-reactive ketones (excluding diaryl/α,β-unsaturated/α-hetero) is 1. The number of hydrogen-bond donors (Lipinski definition) is 0. The molecular formula is C11H20O3. The van der Waals surface area contributed by atoms with Gasteiger partial charge in [-0.25, -0.2) is 0 Å². The van der Waals surface area contributed by atoms with Crippen molar-refractivity contribution in [3.05, 3.63) is 0 Å². The minimum absolute atomic E-state index is 0.0937. The second-order valence-electron chi connectivity index (χ2n) is 3.48. The van der Waals surface area contributed by atoms with Crippen molar-refractivity contribution in [2.75, 3.05) is 6.61 Å². The Morgan fingerprint density at radius 2 is 1.86 bits per heavy atom. The lowest BCUT2D eigenvalue weighted by atomic mass is 9.97. The minimum atomic E-state index is -0.157. The molecule has 0 aromatic rings. The average molecular weight is 200 g/mol. The number of ketones is 1. The Kier molecular flexibility index (Phi) is 7.07. The summed E-state index contributed by atoms with van der Waals surface area (Å²) >= 11 is 0. The van der Waals surface area contributed by atoms with Crippen molar-refractivity contribution >= 4 is 11.8 Å². The summed E-state index contributed by atoms with van der Waals surface area (Å²) < 4.78 is 4.94. The maximum Gasteiger partial charge on any atom is 0.308 e. The molecule has 0 aliphatic rings. The standard InChI is InChI=1S/C11H20O3/c1-4-6-10(8-7-9(3)12)11(13)14-5-2/h10H,4-8H2,1-3H3. The first-order chi connectivity index (χ1) is 6.61. The predicted octanol–water partition coefficient (Wildman–Crippen LogP) is 2.33. The molecule has 0 saturated carbocycles. The van der Waals surface area contributed by atoms with E-state index in [2.05, 4.69) is 0 Å². The van der Waals surface area contributed by atoms with Gasteiger partial charge in [0.05, 0.1) is 12.5 Å². The van der Waals surface area contributed by atoms with Crippen molar-refractivity contribution in [2.24, 2.45) is 5.92 Å². The summed E-state index contributed by atoms with van der Waals surface area (Å²) in [6, 6.07) is 0. The summed E-state index contributed by atoms with van der Waals surface area (Å²) in [4.78, 5) is 22.2. The first-order valence-electron chi connectivity index (χ1n) is 5.27. The van der Waals surface area contributed by atoms with Crippen molar-refractivity contribution in [2.45, 2.75) is 46.5 Å². The number of carbonyl (C=O) groups excluding carboxylic acids is 2. The van der Waals surface area contributed by atoms with Crippen LogP contribution in [-0.2, 0) is 14.3 Å². The van der Waals surface area contributed by atoms with Gasteiger partial charge in [-0.3, -0.25) is 4.79 Å². The number of hydrogen-bond acceptors (Lipinski definition) is 3. The largest absolute Gasteiger partial charge is 0.466 e. The van der Waals surface area contributed by atoms with E-state index in [0.717, 1.165) is 12.8 Å². The third kappa shape index (κ3) is 5.73. The van der Waals surface area contributed by atoms with Crippen molar-refractivity contribution in [1.29, 1.82) is 0 Å². The van der Waals surface area contributed by atoms with Crippen molar-refractivity contribution in [1.82, 2.24) is 0 Å². The maximum atomic E-state index is 11.4. The van der Waals surface area contributed by atoms with Crippen LogP contribution in [0.3, 0.4) is 0 Å². The number of esters is 1. The Balaban J connectivity index is 3.99. The molecule has 14 heavy (non-hydrogen) atoms. The average Bonchev–Trinajstić information content (AvgIpc) is 2.12. The fourth-order valence-corrected chi connectivity index (χ4v) is 1.37. The summed E-state index contributed by atoms with van der Waals surface area (Å²) in [6.45, 7) is 5.79. The molecule has 0 saturated heterocycles. The molecule has 0 radical (unpaired) electrons. The summed E-state index contributed by atoms with van der Waals surface area (Å²) in [5, 5.41) is 0. The monoisotopic (exact) mass is 200 g/mol. The maximum absolute atomic E-state index is 11.4. The van der Waals surface area contributed by atoms with Gasteiger partial charge in [0.2, 0.25) is 0 Å². The first kappa shape index (κ1) is 13.1. The Labute approximate surface area is 85.8 Å². The SMILES string of the molecule is CCCC(CCC(C)=O)C(=O)OCC. The third-order valence-electron chi connectivity index (χ3n) is 2.10. The van der Waals surface area contributed by atoms with Crippen LogP contribution in [0.1, 0.15) is 46.5 Å². The molecule has 0 bridgehead atoms. The van der Waals surface area contributed by atoms with Crippen LogP contribution in [-0.4, -0.2) is 18.4 Å². The second kappa shape index (κ2) is 7.54. The van der Waals surface area contributed by atoms with Crippen LogP contribution in [0.5, 0.6) is 0 Å². The minimum Gasteiger partial charge on any atom is -0.466 e. The van der Waals surface area contributed by atoms with Crippen molar-refractivity contribution < 1.29 is 14.3 Å². The van der Waals surface area contributed by atoms with Gasteiger partial charge >= 0.3 is 5.97 Å². The topological polar surface area (TPSA) is 43.4 Å². The van der Waals surface area contributed by atoms with Crippen LogP contribution in [0, 0.1) is 5.92 Å². The molecular weight excluding hydrogens is 180 g/mol. The van der Waals surface area contributed by atoms with Gasteiger partial charge < -0.3 is 9.53 Å². The molecule has 0 rings (SSSR count). The number of ether oxygens (including phenoxy) is 1. The van der Waals surface area contributed by atoms with Gasteiger partial charge in [0.25, 0.3) is 0 Å². The molecule has 0 aromatic carbocycles. The van der Waals surface area contributed by atoms with E-state index < -0.39 is 0 Å². The van der Waals surface area contributed by atoms with Gasteiger partial charge in [0.1, 0.15) is 5.78 Å². The molecule has 0 fully saturated rings. The van der Waals surface area contributed by atoms with Gasteiger partial charge in [-0.05, 0) is 26.7 Å². The van der Waals surface area contributed by atoms with E-state index in [1.165, 1.54) is 0 Å². The Bertz CT molecular complexity index is 187. The first-order valence-corrected chi connectivity index (χ1v) is 5.27. The van der Waals surface area contributed by atoms with E-state index in [-0.39, 0.29) is 17.7 Å². The molecule has 0 aliphatic carbocycles. The van der Waals surface area contributed by atoms with Gasteiger partial charge in [-0.2, -0.15) is 0 Å². The smallest absolute Gasteiger partial charge is 0.308 e. The molecule has 0 aliphatic heterocycles. The molecule has 3 heteroatoms. The van der Waals surface area contributed by atoms with E-state index in [1.54, 1.807) is 13.8 Å². The van der Waals surface area contributed by atoms with Crippen LogP contribution in [0.4, 0.5) is 0 Å². The van der Waals surface area contributed by atoms with E-state index in [4.69, 9.17) is 4.74 Å². The van der Waals surface area contributed by atoms with Crippen LogP contribution in [0.2, 0.25) is 0 Å². The molecule has 1 unspecified atom stereocenters. The van der Waals surface area contributed by atoms with E-state index >= 15 is 0 Å². The van der Waals surface area contributed by atoms with Crippen LogP contribution in [0.15, 0.2) is 0 Å². The van der Waals surface area contributed by atoms with Gasteiger partial charge in [-0.1, -0.05) is 13.3 Å². The highest BCUT2D eigenvalue weighted by atomic mass is 16.5. The van der Waals surface area contributed by atoms with Crippen molar-refractivity contribution in [3.63, 3.8) is 0 Å². The highest BCUT2D eigenvalue weighted by molar-refractivity contribution is 5.77. The molecule has 1 atom stereocenters. The van der Waals surface area contributed by atoms with E-state index in [0.29, 0.717) is 19.4 Å². The Morgan fingerprint density at radius 1 is 1.21 bits per heavy atom. The Morgan fingerprint density at radius 3 is 2.29 bits per heavy atom. The summed E-state index contributed by atoms with van der Waals surface area (Å²) in [5.41, 5.74) is 0. The van der Waals surface area contributed by atoms with E-state index in [9.17, 15) is 9.59 Å². The summed E-state index contributed by atoms with van der Waals surface area (Å²) in [6.07, 6.45) is 2.86. The zero-order valence-corrected chi connectivity index (χ0v) is 9.34. The lowest BCUT2D eigenvalue weighted by molar-refractivity contribution is -0.148. The molecule has 0 aromatic heterocycles. The van der Waals surface area contributed by atoms with Crippen LogP contribution in [0.25, 0.3) is 0 Å². The van der Waals surface area contributed by atoms with Gasteiger partial charge in [0.15, 0.2) is 0 Å². The molecule has 0 amide bonds. The predicted molar refractivity (Wildman–Crippen MR) is 54.9 cm³/mol. The van der Waals surface area contributed by atoms with E-state index in [1.807, 2.05) is 6.92 Å². The normalized spacial score (nSPS) is 12.2. The molecule has 0 spiro atoms. The Hall–Kier alpha value is -0.860. The second-order valence-corrected chi connectivity index (χ2v) is 3.48. The highest BCUT2D eigenvalue weighted by Crippen LogP contribution is 2.15. The summed E-state index contributed by atoms with van der Waals surface area (Å²) in [5.74, 6) is -0.116. The lowest BCUT2D eigenvalue weighted by Crippen LogP contribution is -2.18. The lowest BCUT2D eigenvalue weighted by Gasteiger charge is -2.13. The van der Waals surface area contributed by atoms with Crippen molar-refractivity contribution in [3.8, 4) is 0 Å². The highest BCUT2D eigenvalue weighted by Gasteiger charge is 2.18. The number of carbonyl (C=O) groups is 2.